The second kappa shape index (κ2) is 4.81. The fourth-order valence-electron chi connectivity index (χ4n) is 1.64. The number of hydrogen-bond acceptors (Lipinski definition) is 5. The Hall–Kier alpha value is -1.21. The van der Waals surface area contributed by atoms with Gasteiger partial charge in [0.2, 0.25) is 9.05 Å². The molecule has 0 spiro atoms. The summed E-state index contributed by atoms with van der Waals surface area (Å²) in [5, 5.41) is 9.58. The normalized spacial score (nSPS) is 15.2. The van der Waals surface area contributed by atoms with E-state index in [4.69, 9.17) is 20.2 Å². The van der Waals surface area contributed by atoms with Gasteiger partial charge in [0, 0.05) is 23.2 Å². The highest BCUT2D eigenvalue weighted by Gasteiger charge is 2.25. The summed E-state index contributed by atoms with van der Waals surface area (Å²) in [4.78, 5) is 0. The van der Waals surface area contributed by atoms with Crippen LogP contribution in [0.15, 0.2) is 6.07 Å². The minimum Gasteiger partial charge on any atom is -0.505 e. The van der Waals surface area contributed by atoms with Crippen LogP contribution < -0.4 is 9.47 Å². The number of ether oxygens (including phenoxy) is 2. The SMILES string of the molecule is O=S(=O)(Cl)Cc1c(O)c(F)cc2c1OCCCO2. The van der Waals surface area contributed by atoms with Crippen LogP contribution in [0.2, 0.25) is 0 Å². The summed E-state index contributed by atoms with van der Waals surface area (Å²) in [6.45, 7) is 0.609. The van der Waals surface area contributed by atoms with Crippen molar-refractivity contribution in [3.8, 4) is 17.2 Å². The monoisotopic (exact) mass is 296 g/mol. The third-order valence-corrected chi connectivity index (χ3v) is 3.34. The highest BCUT2D eigenvalue weighted by molar-refractivity contribution is 8.13. The molecule has 0 saturated carbocycles. The van der Waals surface area contributed by atoms with Crippen LogP contribution in [0.25, 0.3) is 0 Å². The highest BCUT2D eigenvalue weighted by atomic mass is 35.7. The van der Waals surface area contributed by atoms with Crippen LogP contribution in [0.1, 0.15) is 12.0 Å². The van der Waals surface area contributed by atoms with E-state index in [2.05, 4.69) is 0 Å². The minimum atomic E-state index is -3.95. The zero-order valence-electron chi connectivity index (χ0n) is 9.15. The predicted molar refractivity (Wildman–Crippen MR) is 62.1 cm³/mol. The van der Waals surface area contributed by atoms with Crippen LogP contribution in [-0.2, 0) is 14.8 Å². The Morgan fingerprint density at radius 2 is 2.06 bits per heavy atom. The second-order valence-electron chi connectivity index (χ2n) is 3.75. The molecule has 1 aliphatic rings. The van der Waals surface area contributed by atoms with Gasteiger partial charge in [-0.05, 0) is 0 Å². The Bertz CT molecular complexity index is 572. The van der Waals surface area contributed by atoms with Gasteiger partial charge >= 0.3 is 0 Å². The lowest BCUT2D eigenvalue weighted by atomic mass is 10.1. The molecule has 0 aliphatic carbocycles. The van der Waals surface area contributed by atoms with Gasteiger partial charge < -0.3 is 14.6 Å². The number of phenols is 1. The second-order valence-corrected chi connectivity index (χ2v) is 6.52. The Morgan fingerprint density at radius 3 is 2.72 bits per heavy atom. The van der Waals surface area contributed by atoms with E-state index in [0.29, 0.717) is 13.0 Å². The topological polar surface area (TPSA) is 72.8 Å². The van der Waals surface area contributed by atoms with Gasteiger partial charge in [0.25, 0.3) is 0 Å². The zero-order valence-corrected chi connectivity index (χ0v) is 10.7. The number of aromatic hydroxyl groups is 1. The van der Waals surface area contributed by atoms with Crippen molar-refractivity contribution >= 4 is 19.7 Å². The van der Waals surface area contributed by atoms with Gasteiger partial charge in [0.15, 0.2) is 23.1 Å². The molecule has 1 N–H and O–H groups in total. The molecule has 0 unspecified atom stereocenters. The van der Waals surface area contributed by atoms with Crippen molar-refractivity contribution in [2.45, 2.75) is 12.2 Å². The first-order valence-electron chi connectivity index (χ1n) is 5.11. The summed E-state index contributed by atoms with van der Waals surface area (Å²) in [6.07, 6.45) is 0.574. The summed E-state index contributed by atoms with van der Waals surface area (Å²) in [7, 11) is 1.17. The quantitative estimate of drug-likeness (QED) is 0.842. The average Bonchev–Trinajstić information content (AvgIpc) is 2.48. The molecule has 0 aromatic heterocycles. The molecule has 0 bridgehead atoms. The van der Waals surface area contributed by atoms with Crippen molar-refractivity contribution in [1.29, 1.82) is 0 Å². The molecule has 18 heavy (non-hydrogen) atoms. The van der Waals surface area contributed by atoms with Crippen molar-refractivity contribution in [3.05, 3.63) is 17.4 Å². The van der Waals surface area contributed by atoms with Crippen molar-refractivity contribution in [1.82, 2.24) is 0 Å². The lowest BCUT2D eigenvalue weighted by Crippen LogP contribution is -2.03. The highest BCUT2D eigenvalue weighted by Crippen LogP contribution is 2.41. The summed E-state index contributed by atoms with van der Waals surface area (Å²) < 4.78 is 46.1. The smallest absolute Gasteiger partial charge is 0.237 e. The van der Waals surface area contributed by atoms with Crippen LogP contribution >= 0.6 is 10.7 Å². The first-order valence-corrected chi connectivity index (χ1v) is 7.58. The first kappa shape index (κ1) is 13.2. The maximum Gasteiger partial charge on any atom is 0.237 e. The first-order chi connectivity index (χ1) is 8.38. The van der Waals surface area contributed by atoms with Crippen LogP contribution in [0.3, 0.4) is 0 Å². The largest absolute Gasteiger partial charge is 0.505 e. The van der Waals surface area contributed by atoms with E-state index < -0.39 is 26.4 Å². The molecule has 1 aromatic carbocycles. The van der Waals surface area contributed by atoms with Gasteiger partial charge in [-0.3, -0.25) is 0 Å². The lowest BCUT2D eigenvalue weighted by Gasteiger charge is -2.13. The molecule has 0 saturated heterocycles. The molecule has 0 fully saturated rings. The van der Waals surface area contributed by atoms with Crippen molar-refractivity contribution < 1.29 is 27.4 Å². The number of fused-ring (bicyclic) bond motifs is 1. The van der Waals surface area contributed by atoms with Crippen LogP contribution in [-0.4, -0.2) is 26.7 Å². The number of phenolic OH excluding ortho intramolecular Hbond substituents is 1. The number of hydrogen-bond donors (Lipinski definition) is 1. The van der Waals surface area contributed by atoms with Gasteiger partial charge in [-0.15, -0.1) is 0 Å². The summed E-state index contributed by atoms with van der Waals surface area (Å²) in [5.74, 6) is -2.41. The van der Waals surface area contributed by atoms with Crippen LogP contribution in [0, 0.1) is 5.82 Å². The summed E-state index contributed by atoms with van der Waals surface area (Å²) >= 11 is 0. The standard InChI is InChI=1S/C10H10ClFO5S/c11-18(14,15)5-6-9(13)7(12)4-8-10(6)17-3-1-2-16-8/h4,13H,1-3,5H2. The molecular weight excluding hydrogens is 287 g/mol. The molecule has 100 valence electrons. The maximum atomic E-state index is 13.5. The van der Waals surface area contributed by atoms with Crippen LogP contribution in [0.4, 0.5) is 4.39 Å². The lowest BCUT2D eigenvalue weighted by molar-refractivity contribution is 0.296. The summed E-state index contributed by atoms with van der Waals surface area (Å²) in [6, 6.07) is 0.959. The van der Waals surface area contributed by atoms with Gasteiger partial charge in [-0.2, -0.15) is 0 Å². The Labute approximate surface area is 108 Å². The molecule has 1 aliphatic heterocycles. The van der Waals surface area contributed by atoms with Gasteiger partial charge in [-0.1, -0.05) is 0 Å². The number of rotatable bonds is 2. The molecule has 2 rings (SSSR count). The van der Waals surface area contributed by atoms with Crippen molar-refractivity contribution in [3.63, 3.8) is 0 Å². The fourth-order valence-corrected chi connectivity index (χ4v) is 2.58. The van der Waals surface area contributed by atoms with Gasteiger partial charge in [0.1, 0.15) is 0 Å². The van der Waals surface area contributed by atoms with E-state index >= 15 is 0 Å². The molecule has 0 amide bonds. The fraction of sp³-hybridized carbons (Fsp3) is 0.400. The molecule has 0 radical (unpaired) electrons. The summed E-state index contributed by atoms with van der Waals surface area (Å²) in [5.41, 5.74) is -0.220. The molecule has 1 heterocycles. The average molecular weight is 297 g/mol. The molecular formula is C10H10ClFO5S. The van der Waals surface area contributed by atoms with Crippen molar-refractivity contribution in [2.24, 2.45) is 0 Å². The minimum absolute atomic E-state index is 0.0237. The molecule has 8 heteroatoms. The Balaban J connectivity index is 2.58. The molecule has 5 nitrogen and oxygen atoms in total. The van der Waals surface area contributed by atoms with E-state index in [9.17, 15) is 17.9 Å². The van der Waals surface area contributed by atoms with E-state index in [-0.39, 0.29) is 23.7 Å². The van der Waals surface area contributed by atoms with Crippen molar-refractivity contribution in [2.75, 3.05) is 13.2 Å². The maximum absolute atomic E-state index is 13.5. The number of benzene rings is 1. The Kier molecular flexibility index (Phi) is 3.54. The van der Waals surface area contributed by atoms with E-state index in [1.807, 2.05) is 0 Å². The predicted octanol–water partition coefficient (Wildman–Crippen LogP) is 1.76. The third kappa shape index (κ3) is 2.78. The van der Waals surface area contributed by atoms with E-state index in [1.54, 1.807) is 0 Å². The van der Waals surface area contributed by atoms with E-state index in [1.165, 1.54) is 0 Å². The third-order valence-electron chi connectivity index (χ3n) is 2.38. The van der Waals surface area contributed by atoms with E-state index in [0.717, 1.165) is 6.07 Å². The molecule has 1 aromatic rings. The van der Waals surface area contributed by atoms with Gasteiger partial charge in [-0.25, -0.2) is 12.8 Å². The van der Waals surface area contributed by atoms with Gasteiger partial charge in [0.05, 0.1) is 24.5 Å². The Morgan fingerprint density at radius 1 is 1.39 bits per heavy atom. The number of halogens is 2. The van der Waals surface area contributed by atoms with Crippen LogP contribution in [0.5, 0.6) is 17.2 Å². The zero-order chi connectivity index (χ0) is 13.3. The molecule has 0 atom stereocenters.